The first kappa shape index (κ1) is 17.7. The summed E-state index contributed by atoms with van der Waals surface area (Å²) in [6, 6.07) is 4.45. The molecule has 1 aromatic carbocycles. The second-order valence-corrected chi connectivity index (χ2v) is 6.56. The molecule has 2 aromatic rings. The van der Waals surface area contributed by atoms with Gasteiger partial charge >= 0.3 is 0 Å². The normalized spacial score (nSPS) is 16.6. The minimum atomic E-state index is -0.603. The zero-order valence-corrected chi connectivity index (χ0v) is 15.0. The summed E-state index contributed by atoms with van der Waals surface area (Å²) in [7, 11) is 0. The van der Waals surface area contributed by atoms with Crippen molar-refractivity contribution < 1.29 is 9.90 Å². The van der Waals surface area contributed by atoms with Crippen LogP contribution in [0.1, 0.15) is 30.8 Å². The number of halogens is 2. The van der Waals surface area contributed by atoms with Crippen LogP contribution in [0.25, 0.3) is 0 Å². The van der Waals surface area contributed by atoms with E-state index in [9.17, 15) is 4.79 Å². The minimum absolute atomic E-state index is 0.0492. The van der Waals surface area contributed by atoms with Crippen LogP contribution < -0.4 is 11.1 Å². The van der Waals surface area contributed by atoms with Gasteiger partial charge in [0.15, 0.2) is 5.82 Å². The van der Waals surface area contributed by atoms with Crippen molar-refractivity contribution in [3.05, 3.63) is 50.9 Å². The highest BCUT2D eigenvalue weighted by molar-refractivity contribution is 6.35. The highest BCUT2D eigenvalue weighted by Gasteiger charge is 2.34. The number of hydrogen-bond acceptors (Lipinski definition) is 5. The Labute approximate surface area is 154 Å². The van der Waals surface area contributed by atoms with Crippen molar-refractivity contribution in [2.24, 2.45) is 5.73 Å². The number of rotatable bonds is 5. The smallest absolute Gasteiger partial charge is 0.248 e. The monoisotopic (exact) mass is 381 g/mol. The number of hydrogen-bond donors (Lipinski definition) is 3. The van der Waals surface area contributed by atoms with Gasteiger partial charge in [0.1, 0.15) is 6.04 Å². The molecule has 0 saturated heterocycles. The van der Waals surface area contributed by atoms with E-state index in [4.69, 9.17) is 34.0 Å². The topological polar surface area (TPSA) is 106 Å². The van der Waals surface area contributed by atoms with Gasteiger partial charge in [-0.25, -0.2) is 4.68 Å². The van der Waals surface area contributed by atoms with E-state index in [0.29, 0.717) is 51.5 Å². The van der Waals surface area contributed by atoms with Crippen LogP contribution in [0.5, 0.6) is 0 Å². The SMILES string of the molecule is CC1=C(C(N)=O)C(c2ccc(Cl)cc2Cl)n2nc(CCCO)nc2N1. The molecule has 0 aliphatic carbocycles. The summed E-state index contributed by atoms with van der Waals surface area (Å²) in [4.78, 5) is 16.5. The van der Waals surface area contributed by atoms with Crippen molar-refractivity contribution in [1.29, 1.82) is 0 Å². The molecule has 0 saturated carbocycles. The van der Waals surface area contributed by atoms with Crippen molar-refractivity contribution >= 4 is 35.1 Å². The molecule has 9 heteroatoms. The maximum Gasteiger partial charge on any atom is 0.248 e. The maximum atomic E-state index is 12.1. The second kappa shape index (κ2) is 7.03. The molecule has 1 unspecified atom stereocenters. The summed E-state index contributed by atoms with van der Waals surface area (Å²) in [5.41, 5.74) is 7.21. The molecule has 1 aromatic heterocycles. The number of primary amides is 1. The number of aromatic nitrogens is 3. The number of amides is 1. The fraction of sp³-hybridized carbons (Fsp3) is 0.312. The van der Waals surface area contributed by atoms with Gasteiger partial charge < -0.3 is 16.2 Å². The summed E-state index contributed by atoms with van der Waals surface area (Å²) >= 11 is 12.3. The lowest BCUT2D eigenvalue weighted by Crippen LogP contribution is -2.32. The lowest BCUT2D eigenvalue weighted by molar-refractivity contribution is -0.115. The van der Waals surface area contributed by atoms with Gasteiger partial charge in [-0.1, -0.05) is 29.3 Å². The largest absolute Gasteiger partial charge is 0.396 e. The molecule has 0 spiro atoms. The summed E-state index contributed by atoms with van der Waals surface area (Å²) in [6.45, 7) is 1.80. The lowest BCUT2D eigenvalue weighted by atomic mass is 9.95. The number of allylic oxidation sites excluding steroid dienone is 1. The molecule has 1 atom stereocenters. The predicted octanol–water partition coefficient (Wildman–Crippen LogP) is 2.28. The number of anilines is 1. The van der Waals surface area contributed by atoms with Crippen molar-refractivity contribution in [3.63, 3.8) is 0 Å². The molecule has 0 radical (unpaired) electrons. The highest BCUT2D eigenvalue weighted by atomic mass is 35.5. The van der Waals surface area contributed by atoms with Crippen LogP contribution in [-0.2, 0) is 11.2 Å². The molecule has 3 rings (SSSR count). The molecule has 2 heterocycles. The molecule has 0 fully saturated rings. The molecule has 1 amide bonds. The van der Waals surface area contributed by atoms with E-state index in [0.717, 1.165) is 0 Å². The van der Waals surface area contributed by atoms with E-state index < -0.39 is 11.9 Å². The Morgan fingerprint density at radius 3 is 2.84 bits per heavy atom. The molecule has 0 bridgehead atoms. The first-order valence-corrected chi connectivity index (χ1v) is 8.46. The van der Waals surface area contributed by atoms with Gasteiger partial charge in [0.25, 0.3) is 0 Å². The van der Waals surface area contributed by atoms with E-state index >= 15 is 0 Å². The molecule has 132 valence electrons. The number of fused-ring (bicyclic) bond motifs is 1. The number of aliphatic hydroxyl groups is 1. The number of nitrogens with zero attached hydrogens (tertiary/aromatic N) is 3. The van der Waals surface area contributed by atoms with E-state index in [1.165, 1.54) is 0 Å². The lowest BCUT2D eigenvalue weighted by Gasteiger charge is -2.28. The Morgan fingerprint density at radius 2 is 2.20 bits per heavy atom. The average Bonchev–Trinajstić information content (AvgIpc) is 2.94. The maximum absolute atomic E-state index is 12.1. The number of aliphatic hydroxyl groups excluding tert-OH is 1. The molecular formula is C16H17Cl2N5O2. The third-order valence-corrected chi connectivity index (χ3v) is 4.54. The van der Waals surface area contributed by atoms with Gasteiger partial charge in [-0.2, -0.15) is 10.1 Å². The van der Waals surface area contributed by atoms with Gasteiger partial charge in [-0.3, -0.25) is 4.79 Å². The van der Waals surface area contributed by atoms with Crippen LogP contribution in [0.15, 0.2) is 29.5 Å². The Balaban J connectivity index is 2.15. The Morgan fingerprint density at radius 1 is 1.44 bits per heavy atom. The van der Waals surface area contributed by atoms with Crippen LogP contribution in [0.3, 0.4) is 0 Å². The Kier molecular flexibility index (Phi) is 4.99. The van der Waals surface area contributed by atoms with Gasteiger partial charge in [0, 0.05) is 34.3 Å². The number of carbonyl (C=O) groups excluding carboxylic acids is 1. The van der Waals surface area contributed by atoms with E-state index in [1.54, 1.807) is 29.8 Å². The predicted molar refractivity (Wildman–Crippen MR) is 95.5 cm³/mol. The number of aryl methyl sites for hydroxylation is 1. The zero-order chi connectivity index (χ0) is 18.1. The van der Waals surface area contributed by atoms with Gasteiger partial charge in [0.05, 0.1) is 5.57 Å². The van der Waals surface area contributed by atoms with Crippen LogP contribution >= 0.6 is 23.2 Å². The molecule has 25 heavy (non-hydrogen) atoms. The first-order valence-electron chi connectivity index (χ1n) is 7.71. The number of carbonyl (C=O) groups is 1. The minimum Gasteiger partial charge on any atom is -0.396 e. The molecule has 1 aliphatic heterocycles. The van der Waals surface area contributed by atoms with E-state index in [-0.39, 0.29) is 6.61 Å². The standard InChI is InChI=1S/C16H17Cl2N5O2/c1-8-13(15(19)25)14(10-5-4-9(17)7-11(10)18)23-16(20-8)21-12(22-23)3-2-6-24/h4-5,7,14,24H,2-3,6H2,1H3,(H2,19,25)(H,20,21,22). The number of nitrogens with one attached hydrogen (secondary N) is 1. The third-order valence-electron chi connectivity index (χ3n) is 3.98. The summed E-state index contributed by atoms with van der Waals surface area (Å²) < 4.78 is 1.59. The fourth-order valence-electron chi connectivity index (χ4n) is 2.87. The van der Waals surface area contributed by atoms with Gasteiger partial charge in [0.2, 0.25) is 11.9 Å². The van der Waals surface area contributed by atoms with Crippen LogP contribution in [0.4, 0.5) is 5.95 Å². The number of nitrogens with two attached hydrogens (primary N) is 1. The van der Waals surface area contributed by atoms with Crippen molar-refractivity contribution in [1.82, 2.24) is 14.8 Å². The Bertz CT molecular complexity index is 862. The van der Waals surface area contributed by atoms with Gasteiger partial charge in [-0.15, -0.1) is 0 Å². The third kappa shape index (κ3) is 3.35. The fourth-order valence-corrected chi connectivity index (χ4v) is 3.38. The van der Waals surface area contributed by atoms with Crippen molar-refractivity contribution in [2.45, 2.75) is 25.8 Å². The van der Waals surface area contributed by atoms with Crippen molar-refractivity contribution in [3.8, 4) is 0 Å². The molecule has 7 nitrogen and oxygen atoms in total. The van der Waals surface area contributed by atoms with E-state index in [1.807, 2.05) is 0 Å². The summed E-state index contributed by atoms with van der Waals surface area (Å²) in [5.74, 6) is 0.482. The second-order valence-electron chi connectivity index (χ2n) is 5.72. The van der Waals surface area contributed by atoms with E-state index in [2.05, 4.69) is 15.4 Å². The zero-order valence-electron chi connectivity index (χ0n) is 13.5. The van der Waals surface area contributed by atoms with Crippen molar-refractivity contribution in [2.75, 3.05) is 11.9 Å². The first-order chi connectivity index (χ1) is 11.9. The summed E-state index contributed by atoms with van der Waals surface area (Å²) in [5, 5.41) is 17.4. The van der Waals surface area contributed by atoms with Gasteiger partial charge in [-0.05, 0) is 25.5 Å². The highest BCUT2D eigenvalue weighted by Crippen LogP contribution is 2.38. The van der Waals surface area contributed by atoms with Crippen LogP contribution in [-0.4, -0.2) is 32.4 Å². The van der Waals surface area contributed by atoms with Crippen LogP contribution in [0, 0.1) is 0 Å². The Hall–Kier alpha value is -2.09. The summed E-state index contributed by atoms with van der Waals surface area (Å²) in [6.07, 6.45) is 1.06. The molecule has 1 aliphatic rings. The van der Waals surface area contributed by atoms with Crippen LogP contribution in [0.2, 0.25) is 10.0 Å². The average molecular weight is 382 g/mol. The quantitative estimate of drug-likeness (QED) is 0.736. The molecular weight excluding hydrogens is 365 g/mol. The molecule has 4 N–H and O–H groups in total. The number of benzene rings is 1.